The number of anilines is 1. The smallest absolute Gasteiger partial charge is 0.332 e. The van der Waals surface area contributed by atoms with Gasteiger partial charge in [-0.3, -0.25) is 0 Å². The van der Waals surface area contributed by atoms with Crippen molar-refractivity contribution in [2.24, 2.45) is 0 Å². The molecule has 2 aromatic carbocycles. The fourth-order valence-electron chi connectivity index (χ4n) is 2.51. The molecule has 0 spiro atoms. The van der Waals surface area contributed by atoms with Gasteiger partial charge in [-0.25, -0.2) is 4.79 Å². The maximum atomic E-state index is 12.1. The number of benzene rings is 2. The number of ether oxygens (including phenoxy) is 1. The number of carbonyl (C=O) groups is 1. The van der Waals surface area contributed by atoms with Crippen LogP contribution in [0.25, 0.3) is 0 Å². The van der Waals surface area contributed by atoms with Crippen molar-refractivity contribution in [3.8, 4) is 0 Å². The van der Waals surface area contributed by atoms with E-state index in [4.69, 9.17) is 4.74 Å². The Balaban J connectivity index is 1.88. The van der Waals surface area contributed by atoms with Crippen LogP contribution in [-0.2, 0) is 9.53 Å². The van der Waals surface area contributed by atoms with Gasteiger partial charge in [-0.15, -0.1) is 0 Å². The van der Waals surface area contributed by atoms with Crippen LogP contribution in [0.4, 0.5) is 5.69 Å². The first-order chi connectivity index (χ1) is 10.3. The Kier molecular flexibility index (Phi) is 3.91. The largest absolute Gasteiger partial charge is 0.467 e. The number of hydrogen-bond donors (Lipinski definition) is 1. The van der Waals surface area contributed by atoms with Gasteiger partial charge in [0.2, 0.25) is 0 Å². The van der Waals surface area contributed by atoms with Crippen LogP contribution in [0.3, 0.4) is 0 Å². The number of esters is 1. The molecule has 3 nitrogen and oxygen atoms in total. The van der Waals surface area contributed by atoms with Crippen molar-refractivity contribution in [2.45, 2.75) is 24.8 Å². The van der Waals surface area contributed by atoms with Crippen molar-refractivity contribution in [1.82, 2.24) is 0 Å². The number of methoxy groups -OCH3 is 1. The van der Waals surface area contributed by atoms with E-state index in [0.717, 1.165) is 11.3 Å². The van der Waals surface area contributed by atoms with E-state index in [-0.39, 0.29) is 5.97 Å². The average molecular weight is 281 g/mol. The van der Waals surface area contributed by atoms with Crippen LogP contribution in [0.15, 0.2) is 54.6 Å². The zero-order valence-electron chi connectivity index (χ0n) is 12.1. The molecule has 108 valence electrons. The summed E-state index contributed by atoms with van der Waals surface area (Å²) in [5.41, 5.74) is 3.18. The lowest BCUT2D eigenvalue weighted by atomic mass is 10.0. The zero-order valence-corrected chi connectivity index (χ0v) is 12.1. The third-order valence-electron chi connectivity index (χ3n) is 3.81. The van der Waals surface area contributed by atoms with E-state index < -0.39 is 6.04 Å². The summed E-state index contributed by atoms with van der Waals surface area (Å²) in [6, 6.07) is 17.5. The van der Waals surface area contributed by atoms with E-state index in [1.807, 2.05) is 42.5 Å². The van der Waals surface area contributed by atoms with Crippen LogP contribution < -0.4 is 5.32 Å². The van der Waals surface area contributed by atoms with Gasteiger partial charge in [-0.1, -0.05) is 42.5 Å². The van der Waals surface area contributed by atoms with Crippen molar-refractivity contribution >= 4 is 11.7 Å². The van der Waals surface area contributed by atoms with E-state index in [9.17, 15) is 4.79 Å². The van der Waals surface area contributed by atoms with E-state index in [2.05, 4.69) is 17.4 Å². The Hall–Kier alpha value is -2.29. The lowest BCUT2D eigenvalue weighted by Gasteiger charge is -2.18. The molecule has 1 unspecified atom stereocenters. The molecule has 21 heavy (non-hydrogen) atoms. The van der Waals surface area contributed by atoms with Crippen molar-refractivity contribution in [1.29, 1.82) is 0 Å². The minimum Gasteiger partial charge on any atom is -0.467 e. The first-order valence-electron chi connectivity index (χ1n) is 7.27. The summed E-state index contributed by atoms with van der Waals surface area (Å²) in [4.78, 5) is 12.1. The fraction of sp³-hybridized carbons (Fsp3) is 0.278. The van der Waals surface area contributed by atoms with Crippen LogP contribution in [0.1, 0.15) is 35.9 Å². The van der Waals surface area contributed by atoms with Gasteiger partial charge in [0, 0.05) is 5.69 Å². The van der Waals surface area contributed by atoms with Crippen molar-refractivity contribution in [2.75, 3.05) is 12.4 Å². The molecule has 1 N–H and O–H groups in total. The normalized spacial score (nSPS) is 15.3. The fourth-order valence-corrected chi connectivity index (χ4v) is 2.51. The summed E-state index contributed by atoms with van der Waals surface area (Å²) in [7, 11) is 1.42. The Labute approximate surface area is 124 Å². The second kappa shape index (κ2) is 6.00. The highest BCUT2D eigenvalue weighted by atomic mass is 16.5. The van der Waals surface area contributed by atoms with Gasteiger partial charge in [0.05, 0.1) is 7.11 Å². The van der Waals surface area contributed by atoms with Crippen molar-refractivity contribution in [3.05, 3.63) is 65.7 Å². The molecule has 0 amide bonds. The molecule has 1 saturated carbocycles. The molecular weight excluding hydrogens is 262 g/mol. The van der Waals surface area contributed by atoms with Gasteiger partial charge in [0.25, 0.3) is 0 Å². The molecule has 1 aliphatic rings. The third-order valence-corrected chi connectivity index (χ3v) is 3.81. The highest BCUT2D eigenvalue weighted by Gasteiger charge is 2.26. The van der Waals surface area contributed by atoms with E-state index in [1.165, 1.54) is 25.5 Å². The van der Waals surface area contributed by atoms with Gasteiger partial charge in [-0.05, 0) is 42.0 Å². The Morgan fingerprint density at radius 3 is 2.57 bits per heavy atom. The monoisotopic (exact) mass is 281 g/mol. The standard InChI is InChI=1S/C18H19NO2/c1-21-18(20)17(19-16-8-3-2-4-9-16)15-7-5-6-14(12-15)13-10-11-13/h2-9,12-13,17,19H,10-11H2,1H3. The molecule has 0 saturated heterocycles. The topological polar surface area (TPSA) is 38.3 Å². The molecular formula is C18H19NO2. The van der Waals surface area contributed by atoms with Gasteiger partial charge in [0.15, 0.2) is 6.04 Å². The molecule has 0 heterocycles. The predicted octanol–water partition coefficient (Wildman–Crippen LogP) is 3.89. The SMILES string of the molecule is COC(=O)C(Nc1ccccc1)c1cccc(C2CC2)c1. The Bertz CT molecular complexity index is 620. The van der Waals surface area contributed by atoms with Crippen LogP contribution in [0, 0.1) is 0 Å². The van der Waals surface area contributed by atoms with Crippen molar-refractivity contribution in [3.63, 3.8) is 0 Å². The number of carbonyl (C=O) groups excluding carboxylic acids is 1. The molecule has 0 radical (unpaired) electrons. The maximum absolute atomic E-state index is 12.1. The Morgan fingerprint density at radius 2 is 1.90 bits per heavy atom. The summed E-state index contributed by atoms with van der Waals surface area (Å²) < 4.78 is 4.95. The minimum atomic E-state index is -0.476. The lowest BCUT2D eigenvalue weighted by molar-refractivity contribution is -0.141. The maximum Gasteiger partial charge on any atom is 0.332 e. The molecule has 1 aliphatic carbocycles. The number of rotatable bonds is 5. The van der Waals surface area contributed by atoms with Gasteiger partial charge in [-0.2, -0.15) is 0 Å². The molecule has 0 bridgehead atoms. The molecule has 0 aromatic heterocycles. The van der Waals surface area contributed by atoms with Gasteiger partial charge >= 0.3 is 5.97 Å². The van der Waals surface area contributed by atoms with Crippen LogP contribution in [0.2, 0.25) is 0 Å². The predicted molar refractivity (Wildman–Crippen MR) is 83.2 cm³/mol. The summed E-state index contributed by atoms with van der Waals surface area (Å²) in [6.07, 6.45) is 2.50. The molecule has 2 aromatic rings. The summed E-state index contributed by atoms with van der Waals surface area (Å²) >= 11 is 0. The van der Waals surface area contributed by atoms with E-state index >= 15 is 0 Å². The van der Waals surface area contributed by atoms with Crippen molar-refractivity contribution < 1.29 is 9.53 Å². The summed E-state index contributed by atoms with van der Waals surface area (Å²) in [5.74, 6) is 0.395. The van der Waals surface area contributed by atoms with Gasteiger partial charge in [0.1, 0.15) is 0 Å². The third kappa shape index (κ3) is 3.24. The number of hydrogen-bond acceptors (Lipinski definition) is 3. The van der Waals surface area contributed by atoms with Crippen LogP contribution >= 0.6 is 0 Å². The minimum absolute atomic E-state index is 0.271. The Morgan fingerprint density at radius 1 is 1.14 bits per heavy atom. The molecule has 3 heteroatoms. The van der Waals surface area contributed by atoms with Gasteiger partial charge < -0.3 is 10.1 Å². The first kappa shape index (κ1) is 13.7. The van der Waals surface area contributed by atoms with Crippen LogP contribution in [0.5, 0.6) is 0 Å². The van der Waals surface area contributed by atoms with E-state index in [1.54, 1.807) is 0 Å². The molecule has 1 atom stereocenters. The highest BCUT2D eigenvalue weighted by molar-refractivity contribution is 5.81. The first-order valence-corrected chi connectivity index (χ1v) is 7.27. The average Bonchev–Trinajstić information content (AvgIpc) is 3.38. The van der Waals surface area contributed by atoms with Crippen LogP contribution in [-0.4, -0.2) is 13.1 Å². The molecule has 3 rings (SSSR count). The second-order valence-corrected chi connectivity index (χ2v) is 5.41. The lowest BCUT2D eigenvalue weighted by Crippen LogP contribution is -2.22. The second-order valence-electron chi connectivity index (χ2n) is 5.41. The zero-order chi connectivity index (χ0) is 14.7. The molecule has 1 fully saturated rings. The summed E-state index contributed by atoms with van der Waals surface area (Å²) in [6.45, 7) is 0. The summed E-state index contributed by atoms with van der Waals surface area (Å²) in [5, 5.41) is 3.26. The highest BCUT2D eigenvalue weighted by Crippen LogP contribution is 2.40. The quantitative estimate of drug-likeness (QED) is 0.845. The van der Waals surface area contributed by atoms with E-state index in [0.29, 0.717) is 5.92 Å². The molecule has 0 aliphatic heterocycles. The number of nitrogens with one attached hydrogen (secondary N) is 1. The number of para-hydroxylation sites is 1.